The quantitative estimate of drug-likeness (QED) is 0.780. The Hall–Kier alpha value is -3.02. The fraction of sp³-hybridized carbons (Fsp3) is 0.300. The summed E-state index contributed by atoms with van der Waals surface area (Å²) >= 11 is 0. The summed E-state index contributed by atoms with van der Waals surface area (Å²) in [5, 5.41) is 0. The van der Waals surface area contributed by atoms with Gasteiger partial charge in [0, 0.05) is 5.56 Å². The van der Waals surface area contributed by atoms with E-state index in [1.54, 1.807) is 30.3 Å². The molecule has 0 radical (unpaired) electrons. The van der Waals surface area contributed by atoms with E-state index in [9.17, 15) is 9.59 Å². The standard InChI is InChI=1S/C20H24N2O4/c1-13(2)26-17-10-8-16(9-11-17)20(24)22-21-19(23)12-25-18-7-5-6-14(3)15(18)4/h5-11,13H,12H2,1-4H3,(H,21,23)(H,22,24). The van der Waals surface area contributed by atoms with Crippen molar-refractivity contribution in [3.05, 3.63) is 59.2 Å². The van der Waals surface area contributed by atoms with Crippen LogP contribution in [0.15, 0.2) is 42.5 Å². The fourth-order valence-electron chi connectivity index (χ4n) is 2.22. The smallest absolute Gasteiger partial charge is 0.276 e. The molecule has 0 fully saturated rings. The van der Waals surface area contributed by atoms with E-state index in [-0.39, 0.29) is 12.7 Å². The lowest BCUT2D eigenvalue weighted by Crippen LogP contribution is -2.43. The van der Waals surface area contributed by atoms with E-state index < -0.39 is 11.8 Å². The highest BCUT2D eigenvalue weighted by molar-refractivity contribution is 5.95. The first-order valence-electron chi connectivity index (χ1n) is 8.41. The van der Waals surface area contributed by atoms with Gasteiger partial charge < -0.3 is 9.47 Å². The van der Waals surface area contributed by atoms with Crippen LogP contribution in [0, 0.1) is 13.8 Å². The van der Waals surface area contributed by atoms with Gasteiger partial charge in [0.15, 0.2) is 6.61 Å². The lowest BCUT2D eigenvalue weighted by molar-refractivity contribution is -0.123. The molecule has 2 N–H and O–H groups in total. The number of amides is 2. The van der Waals surface area contributed by atoms with Gasteiger partial charge in [-0.1, -0.05) is 12.1 Å². The van der Waals surface area contributed by atoms with Crippen molar-refractivity contribution in [2.24, 2.45) is 0 Å². The normalized spacial score (nSPS) is 10.3. The molecular weight excluding hydrogens is 332 g/mol. The lowest BCUT2D eigenvalue weighted by atomic mass is 10.1. The zero-order valence-corrected chi connectivity index (χ0v) is 15.5. The Morgan fingerprint density at radius 2 is 1.69 bits per heavy atom. The van der Waals surface area contributed by atoms with E-state index in [1.165, 1.54) is 0 Å². The number of hydrogen-bond acceptors (Lipinski definition) is 4. The summed E-state index contributed by atoms with van der Waals surface area (Å²) < 4.78 is 11.0. The minimum atomic E-state index is -0.445. The van der Waals surface area contributed by atoms with Gasteiger partial charge in [-0.2, -0.15) is 0 Å². The summed E-state index contributed by atoms with van der Waals surface area (Å²) in [5.41, 5.74) is 7.18. The summed E-state index contributed by atoms with van der Waals surface area (Å²) in [6.45, 7) is 7.57. The van der Waals surface area contributed by atoms with Crippen molar-refractivity contribution >= 4 is 11.8 Å². The van der Waals surface area contributed by atoms with Crippen LogP contribution in [0.25, 0.3) is 0 Å². The molecule has 0 spiro atoms. The van der Waals surface area contributed by atoms with E-state index in [1.807, 2.05) is 39.8 Å². The molecule has 0 aliphatic rings. The molecule has 0 aromatic heterocycles. The first kappa shape index (κ1) is 19.3. The number of ether oxygens (including phenoxy) is 2. The van der Waals surface area contributed by atoms with Crippen molar-refractivity contribution < 1.29 is 19.1 Å². The van der Waals surface area contributed by atoms with Gasteiger partial charge in [-0.3, -0.25) is 20.4 Å². The number of aryl methyl sites for hydroxylation is 1. The molecule has 0 atom stereocenters. The maximum absolute atomic E-state index is 12.0. The minimum Gasteiger partial charge on any atom is -0.491 e. The van der Waals surface area contributed by atoms with Crippen molar-refractivity contribution in [1.29, 1.82) is 0 Å². The van der Waals surface area contributed by atoms with Gasteiger partial charge in [0.25, 0.3) is 11.8 Å². The molecule has 0 saturated heterocycles. The summed E-state index contributed by atoms with van der Waals surface area (Å²) in [7, 11) is 0. The number of carbonyl (C=O) groups excluding carboxylic acids is 2. The largest absolute Gasteiger partial charge is 0.491 e. The molecule has 0 unspecified atom stereocenters. The molecule has 0 bridgehead atoms. The van der Waals surface area contributed by atoms with Gasteiger partial charge in [0.05, 0.1) is 6.10 Å². The number of rotatable bonds is 6. The molecule has 0 heterocycles. The molecule has 2 aromatic rings. The predicted molar refractivity (Wildman–Crippen MR) is 99.2 cm³/mol. The van der Waals surface area contributed by atoms with Crippen LogP contribution in [0.2, 0.25) is 0 Å². The molecule has 0 aliphatic carbocycles. The van der Waals surface area contributed by atoms with Gasteiger partial charge in [-0.25, -0.2) is 0 Å². The predicted octanol–water partition coefficient (Wildman–Crippen LogP) is 2.93. The van der Waals surface area contributed by atoms with E-state index in [0.29, 0.717) is 17.1 Å². The average molecular weight is 356 g/mol. The Bertz CT molecular complexity index is 770. The van der Waals surface area contributed by atoms with Crippen LogP contribution in [0.5, 0.6) is 11.5 Å². The fourth-order valence-corrected chi connectivity index (χ4v) is 2.22. The topological polar surface area (TPSA) is 76.7 Å². The first-order chi connectivity index (χ1) is 12.4. The van der Waals surface area contributed by atoms with Crippen molar-refractivity contribution in [1.82, 2.24) is 10.9 Å². The third kappa shape index (κ3) is 5.51. The number of hydrogen-bond donors (Lipinski definition) is 2. The van der Waals surface area contributed by atoms with Crippen molar-refractivity contribution in [2.45, 2.75) is 33.8 Å². The third-order valence-electron chi connectivity index (χ3n) is 3.72. The van der Waals surface area contributed by atoms with E-state index in [0.717, 1.165) is 11.1 Å². The third-order valence-corrected chi connectivity index (χ3v) is 3.72. The Morgan fingerprint density at radius 3 is 2.35 bits per heavy atom. The van der Waals surface area contributed by atoms with Gasteiger partial charge in [-0.15, -0.1) is 0 Å². The van der Waals surface area contributed by atoms with Crippen LogP contribution in [0.4, 0.5) is 0 Å². The molecular formula is C20H24N2O4. The number of benzene rings is 2. The van der Waals surface area contributed by atoms with Crippen molar-refractivity contribution in [2.75, 3.05) is 6.61 Å². The maximum atomic E-state index is 12.0. The number of hydrazine groups is 1. The van der Waals surface area contributed by atoms with Crippen molar-refractivity contribution in [3.63, 3.8) is 0 Å². The highest BCUT2D eigenvalue weighted by atomic mass is 16.5. The second-order valence-electron chi connectivity index (χ2n) is 6.18. The highest BCUT2D eigenvalue weighted by Crippen LogP contribution is 2.20. The molecule has 0 saturated carbocycles. The second kappa shape index (κ2) is 8.89. The van der Waals surface area contributed by atoms with Crippen LogP contribution in [0.3, 0.4) is 0 Å². The Balaban J connectivity index is 1.81. The summed E-state index contributed by atoms with van der Waals surface area (Å²) in [6, 6.07) is 12.3. The van der Waals surface area contributed by atoms with Crippen LogP contribution in [-0.4, -0.2) is 24.5 Å². The minimum absolute atomic E-state index is 0.0611. The molecule has 2 amide bonds. The molecule has 2 rings (SSSR count). The average Bonchev–Trinajstić information content (AvgIpc) is 2.61. The maximum Gasteiger partial charge on any atom is 0.276 e. The second-order valence-corrected chi connectivity index (χ2v) is 6.18. The molecule has 6 heteroatoms. The Labute approximate surface area is 153 Å². The van der Waals surface area contributed by atoms with Crippen molar-refractivity contribution in [3.8, 4) is 11.5 Å². The van der Waals surface area contributed by atoms with Gasteiger partial charge in [-0.05, 0) is 69.2 Å². The first-order valence-corrected chi connectivity index (χ1v) is 8.41. The lowest BCUT2D eigenvalue weighted by Gasteiger charge is -2.12. The molecule has 138 valence electrons. The van der Waals surface area contributed by atoms with Gasteiger partial charge in [0.2, 0.25) is 0 Å². The summed E-state index contributed by atoms with van der Waals surface area (Å²) in [6.07, 6.45) is 0.0611. The molecule has 26 heavy (non-hydrogen) atoms. The SMILES string of the molecule is Cc1cccc(OCC(=O)NNC(=O)c2ccc(OC(C)C)cc2)c1C. The van der Waals surface area contributed by atoms with E-state index >= 15 is 0 Å². The van der Waals surface area contributed by atoms with Gasteiger partial charge >= 0.3 is 0 Å². The van der Waals surface area contributed by atoms with E-state index in [4.69, 9.17) is 9.47 Å². The zero-order valence-electron chi connectivity index (χ0n) is 15.5. The van der Waals surface area contributed by atoms with Crippen LogP contribution < -0.4 is 20.3 Å². The van der Waals surface area contributed by atoms with Gasteiger partial charge in [0.1, 0.15) is 11.5 Å². The monoisotopic (exact) mass is 356 g/mol. The summed E-state index contributed by atoms with van der Waals surface area (Å²) in [4.78, 5) is 23.9. The number of carbonyl (C=O) groups is 2. The van der Waals surface area contributed by atoms with Crippen LogP contribution >= 0.6 is 0 Å². The number of nitrogens with one attached hydrogen (secondary N) is 2. The molecule has 0 aliphatic heterocycles. The molecule has 2 aromatic carbocycles. The zero-order chi connectivity index (χ0) is 19.1. The Morgan fingerprint density at radius 1 is 1.00 bits per heavy atom. The highest BCUT2D eigenvalue weighted by Gasteiger charge is 2.09. The van der Waals surface area contributed by atoms with Crippen LogP contribution in [0.1, 0.15) is 35.3 Å². The van der Waals surface area contributed by atoms with E-state index in [2.05, 4.69) is 10.9 Å². The van der Waals surface area contributed by atoms with Crippen LogP contribution in [-0.2, 0) is 4.79 Å². The summed E-state index contributed by atoms with van der Waals surface area (Å²) in [5.74, 6) is 0.468. The molecule has 6 nitrogen and oxygen atoms in total. The Kier molecular flexibility index (Phi) is 6.60.